The first-order valence-electron chi connectivity index (χ1n) is 7.23. The number of hydrogen-bond acceptors (Lipinski definition) is 5. The second-order valence-electron chi connectivity index (χ2n) is 5.26. The number of rotatable bonds is 4. The number of thiazole rings is 1. The minimum absolute atomic E-state index is 0.773. The first kappa shape index (κ1) is 13.6. The van der Waals surface area contributed by atoms with Gasteiger partial charge < -0.3 is 14.5 Å². The lowest BCUT2D eigenvalue weighted by molar-refractivity contribution is 0.313. The number of likely N-dealkylation sites (N-methyl/N-ethyl adjacent to an activating group) is 1. The first-order valence-corrected chi connectivity index (χ1v) is 8.05. The molecule has 0 aliphatic carbocycles. The molecule has 0 N–H and O–H groups in total. The van der Waals surface area contributed by atoms with Gasteiger partial charge in [-0.05, 0) is 31.7 Å². The van der Waals surface area contributed by atoms with Gasteiger partial charge in [0.1, 0.15) is 5.75 Å². The number of nitrogens with zero attached hydrogens (tertiary/aromatic N) is 3. The molecule has 1 fully saturated rings. The highest BCUT2D eigenvalue weighted by atomic mass is 32.1. The largest absolute Gasteiger partial charge is 0.494 e. The van der Waals surface area contributed by atoms with E-state index in [2.05, 4.69) is 35.9 Å². The van der Waals surface area contributed by atoms with Crippen molar-refractivity contribution in [2.24, 2.45) is 0 Å². The molecule has 108 valence electrons. The van der Waals surface area contributed by atoms with E-state index in [4.69, 9.17) is 9.72 Å². The van der Waals surface area contributed by atoms with E-state index < -0.39 is 0 Å². The van der Waals surface area contributed by atoms with Gasteiger partial charge >= 0.3 is 0 Å². The molecule has 0 unspecified atom stereocenters. The Bertz CT molecular complexity index is 576. The molecule has 1 saturated heterocycles. The Kier molecular flexibility index (Phi) is 4.08. The van der Waals surface area contributed by atoms with Crippen LogP contribution in [0.15, 0.2) is 18.2 Å². The van der Waals surface area contributed by atoms with Crippen LogP contribution < -0.4 is 9.64 Å². The Morgan fingerprint density at radius 1 is 1.25 bits per heavy atom. The molecular formula is C15H21N3OS. The van der Waals surface area contributed by atoms with E-state index in [0.717, 1.165) is 55.6 Å². The second kappa shape index (κ2) is 5.97. The fraction of sp³-hybridized carbons (Fsp3) is 0.533. The summed E-state index contributed by atoms with van der Waals surface area (Å²) in [6.45, 7) is 7.25. The minimum Gasteiger partial charge on any atom is -0.494 e. The number of benzene rings is 1. The predicted octanol–water partition coefficient (Wildman–Crippen LogP) is 2.84. The van der Waals surface area contributed by atoms with E-state index in [1.165, 1.54) is 4.70 Å². The molecule has 2 heterocycles. The van der Waals surface area contributed by atoms with Crippen molar-refractivity contribution in [3.05, 3.63) is 18.2 Å². The molecule has 5 heteroatoms. The fourth-order valence-corrected chi connectivity index (χ4v) is 3.38. The summed E-state index contributed by atoms with van der Waals surface area (Å²) in [6, 6.07) is 6.20. The lowest BCUT2D eigenvalue weighted by atomic mass is 10.3. The molecule has 1 aliphatic rings. The van der Waals surface area contributed by atoms with Gasteiger partial charge in [-0.25, -0.2) is 4.98 Å². The Balaban J connectivity index is 1.79. The lowest BCUT2D eigenvalue weighted by Crippen LogP contribution is -2.44. The third-order valence-electron chi connectivity index (χ3n) is 3.60. The maximum Gasteiger partial charge on any atom is 0.186 e. The van der Waals surface area contributed by atoms with E-state index in [1.54, 1.807) is 11.3 Å². The number of hydrogen-bond donors (Lipinski definition) is 0. The Morgan fingerprint density at radius 3 is 2.80 bits per heavy atom. The number of ether oxygens (including phenoxy) is 1. The van der Waals surface area contributed by atoms with Crippen molar-refractivity contribution >= 4 is 26.7 Å². The number of fused-ring (bicyclic) bond motifs is 1. The van der Waals surface area contributed by atoms with Crippen LogP contribution >= 0.6 is 11.3 Å². The summed E-state index contributed by atoms with van der Waals surface area (Å²) in [7, 11) is 2.17. The van der Waals surface area contributed by atoms with Gasteiger partial charge in [0.15, 0.2) is 5.13 Å². The van der Waals surface area contributed by atoms with Gasteiger partial charge in [-0.2, -0.15) is 0 Å². The zero-order valence-corrected chi connectivity index (χ0v) is 12.9. The monoisotopic (exact) mass is 291 g/mol. The molecule has 0 bridgehead atoms. The van der Waals surface area contributed by atoms with Crippen LogP contribution in [0, 0.1) is 0 Å². The van der Waals surface area contributed by atoms with Gasteiger partial charge in [0.05, 0.1) is 16.8 Å². The number of anilines is 1. The van der Waals surface area contributed by atoms with Gasteiger partial charge in [0.2, 0.25) is 0 Å². The van der Waals surface area contributed by atoms with Crippen LogP contribution in [0.3, 0.4) is 0 Å². The Labute approximate surface area is 124 Å². The molecule has 2 aromatic rings. The van der Waals surface area contributed by atoms with E-state index in [-0.39, 0.29) is 0 Å². The maximum atomic E-state index is 5.69. The van der Waals surface area contributed by atoms with Crippen molar-refractivity contribution in [3.8, 4) is 5.75 Å². The minimum atomic E-state index is 0.773. The highest BCUT2D eigenvalue weighted by molar-refractivity contribution is 7.22. The van der Waals surface area contributed by atoms with Crippen LogP contribution in [-0.2, 0) is 0 Å². The van der Waals surface area contributed by atoms with Crippen molar-refractivity contribution < 1.29 is 4.74 Å². The van der Waals surface area contributed by atoms with Crippen molar-refractivity contribution in [1.82, 2.24) is 9.88 Å². The van der Waals surface area contributed by atoms with Gasteiger partial charge in [0.25, 0.3) is 0 Å². The Morgan fingerprint density at radius 2 is 2.05 bits per heavy atom. The molecule has 4 nitrogen and oxygen atoms in total. The summed E-state index contributed by atoms with van der Waals surface area (Å²) in [4.78, 5) is 9.50. The molecule has 0 spiro atoms. The molecule has 0 radical (unpaired) electrons. The molecule has 1 aromatic carbocycles. The quantitative estimate of drug-likeness (QED) is 0.866. The second-order valence-corrected chi connectivity index (χ2v) is 6.27. The SMILES string of the molecule is CCCOc1ccc2nc(N3CCN(C)CC3)sc2c1. The van der Waals surface area contributed by atoms with Crippen LogP contribution in [0.1, 0.15) is 13.3 Å². The third-order valence-corrected chi connectivity index (χ3v) is 4.67. The molecular weight excluding hydrogens is 270 g/mol. The highest BCUT2D eigenvalue weighted by Crippen LogP contribution is 2.31. The lowest BCUT2D eigenvalue weighted by Gasteiger charge is -2.31. The first-order chi connectivity index (χ1) is 9.76. The summed E-state index contributed by atoms with van der Waals surface area (Å²) in [5.41, 5.74) is 1.08. The molecule has 0 atom stereocenters. The molecule has 3 rings (SSSR count). The van der Waals surface area contributed by atoms with Crippen molar-refractivity contribution in [3.63, 3.8) is 0 Å². The summed E-state index contributed by atoms with van der Waals surface area (Å²) in [5.74, 6) is 0.952. The normalized spacial score (nSPS) is 16.8. The van der Waals surface area contributed by atoms with E-state index in [9.17, 15) is 0 Å². The van der Waals surface area contributed by atoms with E-state index in [0.29, 0.717) is 0 Å². The zero-order chi connectivity index (χ0) is 13.9. The van der Waals surface area contributed by atoms with E-state index >= 15 is 0 Å². The summed E-state index contributed by atoms with van der Waals surface area (Å²) in [6.07, 6.45) is 1.03. The smallest absolute Gasteiger partial charge is 0.186 e. The van der Waals surface area contributed by atoms with Crippen LogP contribution in [-0.4, -0.2) is 49.7 Å². The average Bonchev–Trinajstić information content (AvgIpc) is 2.89. The van der Waals surface area contributed by atoms with Gasteiger partial charge in [-0.3, -0.25) is 0 Å². The van der Waals surface area contributed by atoms with Crippen LogP contribution in [0.5, 0.6) is 5.75 Å². The standard InChI is InChI=1S/C15H21N3OS/c1-3-10-19-12-4-5-13-14(11-12)20-15(16-13)18-8-6-17(2)7-9-18/h4-5,11H,3,6-10H2,1-2H3. The Hall–Kier alpha value is -1.33. The van der Waals surface area contributed by atoms with Crippen molar-refractivity contribution in [2.75, 3.05) is 44.7 Å². The molecule has 1 aliphatic heterocycles. The fourth-order valence-electron chi connectivity index (χ4n) is 2.34. The summed E-state index contributed by atoms with van der Waals surface area (Å²) < 4.78 is 6.91. The van der Waals surface area contributed by atoms with Crippen LogP contribution in [0.25, 0.3) is 10.2 Å². The zero-order valence-electron chi connectivity index (χ0n) is 12.1. The summed E-state index contributed by atoms with van der Waals surface area (Å²) >= 11 is 1.77. The molecule has 0 amide bonds. The van der Waals surface area contributed by atoms with Crippen molar-refractivity contribution in [1.29, 1.82) is 0 Å². The number of piperazine rings is 1. The molecule has 0 saturated carbocycles. The molecule has 1 aromatic heterocycles. The number of aromatic nitrogens is 1. The van der Waals surface area contributed by atoms with E-state index in [1.807, 2.05) is 6.07 Å². The van der Waals surface area contributed by atoms with Crippen molar-refractivity contribution in [2.45, 2.75) is 13.3 Å². The van der Waals surface area contributed by atoms with Gasteiger partial charge in [0, 0.05) is 26.2 Å². The highest BCUT2D eigenvalue weighted by Gasteiger charge is 2.17. The topological polar surface area (TPSA) is 28.6 Å². The summed E-state index contributed by atoms with van der Waals surface area (Å²) in [5, 5.41) is 1.14. The van der Waals surface area contributed by atoms with Crippen LogP contribution in [0.2, 0.25) is 0 Å². The predicted molar refractivity (Wildman–Crippen MR) is 85.1 cm³/mol. The average molecular weight is 291 g/mol. The van der Waals surface area contributed by atoms with Gasteiger partial charge in [-0.1, -0.05) is 18.3 Å². The third kappa shape index (κ3) is 2.88. The maximum absolute atomic E-state index is 5.69. The van der Waals surface area contributed by atoms with Gasteiger partial charge in [-0.15, -0.1) is 0 Å². The van der Waals surface area contributed by atoms with Crippen LogP contribution in [0.4, 0.5) is 5.13 Å². The molecule has 20 heavy (non-hydrogen) atoms.